The van der Waals surface area contributed by atoms with Gasteiger partial charge in [0, 0.05) is 38.3 Å². The third-order valence-electron chi connectivity index (χ3n) is 4.66. The van der Waals surface area contributed by atoms with Crippen LogP contribution in [0.3, 0.4) is 0 Å². The van der Waals surface area contributed by atoms with E-state index in [0.29, 0.717) is 5.02 Å². The number of anilines is 1. The summed E-state index contributed by atoms with van der Waals surface area (Å²) in [5, 5.41) is 4.79. The van der Waals surface area contributed by atoms with E-state index in [1.54, 1.807) is 13.3 Å². The van der Waals surface area contributed by atoms with Crippen molar-refractivity contribution in [2.75, 3.05) is 38.2 Å². The van der Waals surface area contributed by atoms with Crippen LogP contribution < -0.4 is 20.8 Å². The van der Waals surface area contributed by atoms with E-state index in [1.807, 2.05) is 30.3 Å². The Balaban J connectivity index is 1.58. The molecule has 0 radical (unpaired) electrons. The van der Waals surface area contributed by atoms with Crippen LogP contribution in [0.25, 0.3) is 0 Å². The maximum atomic E-state index is 6.51. The van der Waals surface area contributed by atoms with Crippen molar-refractivity contribution < 1.29 is 4.74 Å². The van der Waals surface area contributed by atoms with Crippen LogP contribution in [0.4, 0.5) is 5.69 Å². The highest BCUT2D eigenvalue weighted by Crippen LogP contribution is 2.28. The van der Waals surface area contributed by atoms with Crippen molar-refractivity contribution in [2.45, 2.75) is 6.54 Å². The summed E-state index contributed by atoms with van der Waals surface area (Å²) >= 11 is 11.2. The Labute approximate surface area is 175 Å². The van der Waals surface area contributed by atoms with Crippen LogP contribution in [0, 0.1) is 0 Å². The third-order valence-corrected chi connectivity index (χ3v) is 5.05. The predicted molar refractivity (Wildman–Crippen MR) is 119 cm³/mol. The van der Waals surface area contributed by atoms with E-state index >= 15 is 0 Å². The number of hydrogen-bond donors (Lipinski definition) is 2. The third kappa shape index (κ3) is 5.34. The second-order valence-electron chi connectivity index (χ2n) is 6.52. The number of nitrogens with two attached hydrogens (primary N) is 1. The first-order valence-electron chi connectivity index (χ1n) is 9.04. The van der Waals surface area contributed by atoms with Crippen LogP contribution in [-0.2, 0) is 6.54 Å². The van der Waals surface area contributed by atoms with Gasteiger partial charge in [0.2, 0.25) is 0 Å². The molecule has 1 heterocycles. The minimum Gasteiger partial charge on any atom is -0.496 e. The van der Waals surface area contributed by atoms with Crippen LogP contribution in [0.2, 0.25) is 5.02 Å². The van der Waals surface area contributed by atoms with Gasteiger partial charge in [0.1, 0.15) is 5.75 Å². The number of hydrazone groups is 1. The average Bonchev–Trinajstić information content (AvgIpc) is 2.69. The van der Waals surface area contributed by atoms with Gasteiger partial charge in [-0.05, 0) is 36.0 Å². The molecule has 2 aromatic carbocycles. The van der Waals surface area contributed by atoms with Crippen LogP contribution >= 0.6 is 23.8 Å². The fourth-order valence-electron chi connectivity index (χ4n) is 3.25. The summed E-state index contributed by atoms with van der Waals surface area (Å²) in [6.07, 6.45) is 1.64. The molecule has 3 rings (SSSR count). The second kappa shape index (κ2) is 9.73. The number of halogens is 1. The monoisotopic (exact) mass is 417 g/mol. The molecule has 3 N–H and O–H groups in total. The van der Waals surface area contributed by atoms with Gasteiger partial charge in [0.05, 0.1) is 24.0 Å². The number of nitrogens with one attached hydrogen (secondary N) is 1. The highest BCUT2D eigenvalue weighted by atomic mass is 35.5. The zero-order valence-electron chi connectivity index (χ0n) is 15.8. The van der Waals surface area contributed by atoms with E-state index in [1.165, 1.54) is 5.56 Å². The van der Waals surface area contributed by atoms with Gasteiger partial charge in [-0.1, -0.05) is 35.9 Å². The molecule has 0 amide bonds. The summed E-state index contributed by atoms with van der Waals surface area (Å²) in [6.45, 7) is 4.67. The number of ether oxygens (including phenoxy) is 1. The molecular weight excluding hydrogens is 394 g/mol. The lowest BCUT2D eigenvalue weighted by Gasteiger charge is -2.36. The van der Waals surface area contributed by atoms with Crippen LogP contribution in [-0.4, -0.2) is 49.5 Å². The quantitative estimate of drug-likeness (QED) is 0.428. The summed E-state index contributed by atoms with van der Waals surface area (Å²) in [6, 6.07) is 14.1. The molecule has 0 saturated carbocycles. The molecule has 0 spiro atoms. The lowest BCUT2D eigenvalue weighted by Crippen LogP contribution is -2.46. The van der Waals surface area contributed by atoms with Crippen LogP contribution in [0.5, 0.6) is 5.75 Å². The van der Waals surface area contributed by atoms with Gasteiger partial charge in [-0.25, -0.2) is 0 Å². The first-order chi connectivity index (χ1) is 13.6. The molecule has 8 heteroatoms. The molecule has 0 aromatic heterocycles. The normalized spacial score (nSPS) is 15.0. The predicted octanol–water partition coefficient (Wildman–Crippen LogP) is 2.84. The minimum absolute atomic E-state index is 0.130. The van der Waals surface area contributed by atoms with Crippen molar-refractivity contribution in [2.24, 2.45) is 10.8 Å². The van der Waals surface area contributed by atoms with Crippen LogP contribution in [0.1, 0.15) is 11.1 Å². The van der Waals surface area contributed by atoms with Gasteiger partial charge in [-0.15, -0.1) is 0 Å². The van der Waals surface area contributed by atoms with Gasteiger partial charge in [-0.3, -0.25) is 10.3 Å². The van der Waals surface area contributed by atoms with Crippen molar-refractivity contribution >= 4 is 40.8 Å². The molecule has 1 saturated heterocycles. The summed E-state index contributed by atoms with van der Waals surface area (Å²) in [5.41, 5.74) is 11.0. The smallest absolute Gasteiger partial charge is 0.184 e. The van der Waals surface area contributed by atoms with Gasteiger partial charge in [0.15, 0.2) is 5.11 Å². The summed E-state index contributed by atoms with van der Waals surface area (Å²) < 4.78 is 5.46. The molecule has 1 fully saturated rings. The van der Waals surface area contributed by atoms with E-state index in [-0.39, 0.29) is 5.11 Å². The van der Waals surface area contributed by atoms with Gasteiger partial charge >= 0.3 is 0 Å². The lowest BCUT2D eigenvalue weighted by atomic mass is 10.1. The molecule has 0 atom stereocenters. The average molecular weight is 418 g/mol. The van der Waals surface area contributed by atoms with Crippen molar-refractivity contribution in [1.29, 1.82) is 0 Å². The number of methoxy groups -OCH3 is 1. The van der Waals surface area contributed by atoms with E-state index in [2.05, 4.69) is 32.5 Å². The van der Waals surface area contributed by atoms with Crippen molar-refractivity contribution in [1.82, 2.24) is 10.3 Å². The van der Waals surface area contributed by atoms with Crippen molar-refractivity contribution in [3.05, 3.63) is 58.6 Å². The number of para-hydroxylation sites is 1. The summed E-state index contributed by atoms with van der Waals surface area (Å²) in [5.74, 6) is 0.940. The number of nitrogens with zero attached hydrogens (tertiary/aromatic N) is 3. The van der Waals surface area contributed by atoms with Gasteiger partial charge < -0.3 is 15.4 Å². The van der Waals surface area contributed by atoms with E-state index < -0.39 is 0 Å². The number of piperazine rings is 1. The highest BCUT2D eigenvalue weighted by Gasteiger charge is 2.20. The zero-order valence-corrected chi connectivity index (χ0v) is 17.3. The van der Waals surface area contributed by atoms with Crippen molar-refractivity contribution in [3.8, 4) is 5.75 Å². The standard InChI is InChI=1S/C20H24ClN5OS/c1-27-19-5-3-2-4-16(19)14-25-8-10-26(11-9-25)18-7-6-15(12-17(18)21)13-23-24-20(22)28/h2-7,12-13H,8-11,14H2,1H3,(H3,22,24,28). The molecule has 0 aliphatic carbocycles. The molecule has 28 heavy (non-hydrogen) atoms. The molecule has 2 aromatic rings. The molecule has 0 unspecified atom stereocenters. The fraction of sp³-hybridized carbons (Fsp3) is 0.300. The molecule has 0 bridgehead atoms. The van der Waals surface area contributed by atoms with E-state index in [4.69, 9.17) is 34.3 Å². The Kier molecular flexibility index (Phi) is 7.08. The maximum Gasteiger partial charge on any atom is 0.184 e. The van der Waals surface area contributed by atoms with E-state index in [0.717, 1.165) is 49.7 Å². The molecule has 1 aliphatic heterocycles. The Hall–Kier alpha value is -2.35. The Bertz CT molecular complexity index is 852. The number of thiocarbonyl (C=S) groups is 1. The first-order valence-corrected chi connectivity index (χ1v) is 9.82. The second-order valence-corrected chi connectivity index (χ2v) is 7.37. The Morgan fingerprint density at radius 3 is 2.68 bits per heavy atom. The topological polar surface area (TPSA) is 66.1 Å². The maximum absolute atomic E-state index is 6.51. The number of rotatable bonds is 6. The zero-order chi connectivity index (χ0) is 19.9. The first kappa shape index (κ1) is 20.4. The van der Waals surface area contributed by atoms with E-state index in [9.17, 15) is 0 Å². The molecule has 6 nitrogen and oxygen atoms in total. The Morgan fingerprint density at radius 1 is 1.25 bits per heavy atom. The van der Waals surface area contributed by atoms with Gasteiger partial charge in [-0.2, -0.15) is 5.10 Å². The largest absolute Gasteiger partial charge is 0.496 e. The SMILES string of the molecule is COc1ccccc1CN1CCN(c2ccc(C=NNC(N)=S)cc2Cl)CC1. The summed E-state index contributed by atoms with van der Waals surface area (Å²) in [4.78, 5) is 4.75. The molecule has 1 aliphatic rings. The number of benzene rings is 2. The highest BCUT2D eigenvalue weighted by molar-refractivity contribution is 7.80. The van der Waals surface area contributed by atoms with Crippen LogP contribution in [0.15, 0.2) is 47.6 Å². The lowest BCUT2D eigenvalue weighted by molar-refractivity contribution is 0.246. The molecule has 148 valence electrons. The van der Waals surface area contributed by atoms with Crippen molar-refractivity contribution in [3.63, 3.8) is 0 Å². The minimum atomic E-state index is 0.130. The van der Waals surface area contributed by atoms with Gasteiger partial charge in [0.25, 0.3) is 0 Å². The number of hydrogen-bond acceptors (Lipinski definition) is 5. The fourth-order valence-corrected chi connectivity index (χ4v) is 3.61. The Morgan fingerprint density at radius 2 is 2.00 bits per heavy atom. The molecular formula is C20H24ClN5OS. The summed E-state index contributed by atoms with van der Waals surface area (Å²) in [7, 11) is 1.72.